The number of hydrogen-bond donors (Lipinski definition) is 0. The molecule has 0 aromatic heterocycles. The molecular formula is C13H21N. The van der Waals surface area contributed by atoms with E-state index in [9.17, 15) is 0 Å². The van der Waals surface area contributed by atoms with Gasteiger partial charge in [0.2, 0.25) is 0 Å². The highest BCUT2D eigenvalue weighted by atomic mass is 15.1. The average Bonchev–Trinajstić information content (AvgIpc) is 2.20. The van der Waals surface area contributed by atoms with E-state index in [1.807, 2.05) is 0 Å². The van der Waals surface area contributed by atoms with Gasteiger partial charge in [-0.2, -0.15) is 0 Å². The van der Waals surface area contributed by atoms with Crippen LogP contribution in [-0.2, 0) is 6.54 Å². The molecule has 0 aliphatic carbocycles. The largest absolute Gasteiger partial charge is 0.299 e. The Bertz CT molecular complexity index is 280. The van der Waals surface area contributed by atoms with E-state index in [4.69, 9.17) is 0 Å². The van der Waals surface area contributed by atoms with Gasteiger partial charge in [0.1, 0.15) is 0 Å². The van der Waals surface area contributed by atoms with Gasteiger partial charge in [-0.15, -0.1) is 0 Å². The molecular weight excluding hydrogens is 170 g/mol. The van der Waals surface area contributed by atoms with E-state index >= 15 is 0 Å². The number of aryl methyl sites for hydroxylation is 1. The average molecular weight is 191 g/mol. The van der Waals surface area contributed by atoms with E-state index in [1.165, 1.54) is 17.5 Å². The summed E-state index contributed by atoms with van der Waals surface area (Å²) in [4.78, 5) is 2.41. The smallest absolute Gasteiger partial charge is 0.0236 e. The minimum Gasteiger partial charge on any atom is -0.299 e. The summed E-state index contributed by atoms with van der Waals surface area (Å²) in [6, 6.07) is 9.28. The van der Waals surface area contributed by atoms with Crippen LogP contribution in [-0.4, -0.2) is 18.0 Å². The van der Waals surface area contributed by atoms with Gasteiger partial charge >= 0.3 is 0 Å². The highest BCUT2D eigenvalue weighted by Crippen LogP contribution is 2.12. The zero-order valence-corrected chi connectivity index (χ0v) is 9.75. The molecule has 0 N–H and O–H groups in total. The molecule has 1 heteroatoms. The Morgan fingerprint density at radius 3 is 2.50 bits per heavy atom. The van der Waals surface area contributed by atoms with E-state index in [-0.39, 0.29) is 0 Å². The quantitative estimate of drug-likeness (QED) is 0.706. The molecule has 1 aromatic carbocycles. The van der Waals surface area contributed by atoms with Gasteiger partial charge in [-0.3, -0.25) is 4.90 Å². The molecule has 1 rings (SSSR count). The summed E-state index contributed by atoms with van der Waals surface area (Å²) < 4.78 is 0. The van der Waals surface area contributed by atoms with Gasteiger partial charge in [-0.05, 0) is 38.4 Å². The standard InChI is InChI=1S/C13H21N/c1-5-12(3)14(4)10-13-9-7-6-8-11(13)2/h6-9,12H,5,10H2,1-4H3. The lowest BCUT2D eigenvalue weighted by Gasteiger charge is -2.24. The molecule has 0 saturated heterocycles. The third kappa shape index (κ3) is 2.85. The molecule has 0 bridgehead atoms. The number of hydrogen-bond acceptors (Lipinski definition) is 1. The predicted molar refractivity (Wildman–Crippen MR) is 62.4 cm³/mol. The summed E-state index contributed by atoms with van der Waals surface area (Å²) in [5, 5.41) is 0. The second-order valence-corrected chi connectivity index (χ2v) is 4.10. The molecule has 78 valence electrons. The molecule has 1 nitrogen and oxygen atoms in total. The molecule has 0 fully saturated rings. The van der Waals surface area contributed by atoms with Crippen molar-refractivity contribution in [2.45, 2.75) is 39.8 Å². The highest BCUT2D eigenvalue weighted by molar-refractivity contribution is 5.25. The first-order chi connectivity index (χ1) is 6.65. The van der Waals surface area contributed by atoms with Gasteiger partial charge < -0.3 is 0 Å². The van der Waals surface area contributed by atoms with Crippen molar-refractivity contribution in [3.05, 3.63) is 35.4 Å². The number of rotatable bonds is 4. The maximum atomic E-state index is 2.41. The van der Waals surface area contributed by atoms with Gasteiger partial charge in [0.05, 0.1) is 0 Å². The lowest BCUT2D eigenvalue weighted by Crippen LogP contribution is -2.28. The second-order valence-electron chi connectivity index (χ2n) is 4.10. The monoisotopic (exact) mass is 191 g/mol. The number of benzene rings is 1. The van der Waals surface area contributed by atoms with Crippen molar-refractivity contribution in [1.29, 1.82) is 0 Å². The maximum Gasteiger partial charge on any atom is 0.0236 e. The summed E-state index contributed by atoms with van der Waals surface area (Å²) in [6.07, 6.45) is 1.21. The van der Waals surface area contributed by atoms with Gasteiger partial charge in [-0.25, -0.2) is 0 Å². The van der Waals surface area contributed by atoms with Gasteiger partial charge in [-0.1, -0.05) is 31.2 Å². The molecule has 0 heterocycles. The van der Waals surface area contributed by atoms with Crippen LogP contribution >= 0.6 is 0 Å². The van der Waals surface area contributed by atoms with E-state index in [0.29, 0.717) is 6.04 Å². The molecule has 0 spiro atoms. The van der Waals surface area contributed by atoms with Crippen LogP contribution < -0.4 is 0 Å². The lowest BCUT2D eigenvalue weighted by molar-refractivity contribution is 0.243. The summed E-state index contributed by atoms with van der Waals surface area (Å²) in [5.41, 5.74) is 2.83. The second kappa shape index (κ2) is 5.16. The van der Waals surface area contributed by atoms with E-state index in [1.54, 1.807) is 0 Å². The van der Waals surface area contributed by atoms with Gasteiger partial charge in [0.25, 0.3) is 0 Å². The molecule has 1 atom stereocenters. The fourth-order valence-electron chi connectivity index (χ4n) is 1.52. The normalized spacial score (nSPS) is 13.2. The molecule has 0 aliphatic rings. The molecule has 14 heavy (non-hydrogen) atoms. The van der Waals surface area contributed by atoms with Crippen LogP contribution in [0, 0.1) is 6.92 Å². The summed E-state index contributed by atoms with van der Waals surface area (Å²) >= 11 is 0. The first-order valence-corrected chi connectivity index (χ1v) is 5.40. The van der Waals surface area contributed by atoms with Crippen LogP contribution in [0.4, 0.5) is 0 Å². The van der Waals surface area contributed by atoms with Crippen molar-refractivity contribution >= 4 is 0 Å². The van der Waals surface area contributed by atoms with E-state index < -0.39 is 0 Å². The van der Waals surface area contributed by atoms with Crippen molar-refractivity contribution in [2.75, 3.05) is 7.05 Å². The van der Waals surface area contributed by atoms with E-state index in [2.05, 4.69) is 57.0 Å². The zero-order chi connectivity index (χ0) is 10.6. The summed E-state index contributed by atoms with van der Waals surface area (Å²) in [7, 11) is 2.20. The van der Waals surface area contributed by atoms with Crippen LogP contribution in [0.3, 0.4) is 0 Å². The van der Waals surface area contributed by atoms with Crippen LogP contribution in [0.15, 0.2) is 24.3 Å². The van der Waals surface area contributed by atoms with Crippen molar-refractivity contribution in [2.24, 2.45) is 0 Å². The summed E-state index contributed by atoms with van der Waals surface area (Å²) in [6.45, 7) is 7.75. The van der Waals surface area contributed by atoms with Crippen LogP contribution in [0.25, 0.3) is 0 Å². The molecule has 0 radical (unpaired) electrons. The van der Waals surface area contributed by atoms with Crippen molar-refractivity contribution < 1.29 is 0 Å². The SMILES string of the molecule is CCC(C)N(C)Cc1ccccc1C. The Balaban J connectivity index is 2.64. The Labute approximate surface area is 87.7 Å². The third-order valence-corrected chi connectivity index (χ3v) is 3.02. The molecule has 0 aliphatic heterocycles. The minimum atomic E-state index is 0.662. The van der Waals surface area contributed by atoms with Crippen molar-refractivity contribution in [1.82, 2.24) is 4.90 Å². The minimum absolute atomic E-state index is 0.662. The highest BCUT2D eigenvalue weighted by Gasteiger charge is 2.07. The third-order valence-electron chi connectivity index (χ3n) is 3.02. The molecule has 1 aromatic rings. The predicted octanol–water partition coefficient (Wildman–Crippen LogP) is 3.23. The first-order valence-electron chi connectivity index (χ1n) is 5.40. The van der Waals surface area contributed by atoms with Gasteiger partial charge in [0.15, 0.2) is 0 Å². The van der Waals surface area contributed by atoms with E-state index in [0.717, 1.165) is 6.54 Å². The maximum absolute atomic E-state index is 2.41. The Morgan fingerprint density at radius 1 is 1.29 bits per heavy atom. The fourth-order valence-corrected chi connectivity index (χ4v) is 1.52. The zero-order valence-electron chi connectivity index (χ0n) is 9.75. The van der Waals surface area contributed by atoms with Crippen molar-refractivity contribution in [3.8, 4) is 0 Å². The Morgan fingerprint density at radius 2 is 1.93 bits per heavy atom. The summed E-state index contributed by atoms with van der Waals surface area (Å²) in [5.74, 6) is 0. The molecule has 1 unspecified atom stereocenters. The van der Waals surface area contributed by atoms with Crippen molar-refractivity contribution in [3.63, 3.8) is 0 Å². The Hall–Kier alpha value is -0.820. The van der Waals surface area contributed by atoms with Crippen LogP contribution in [0.2, 0.25) is 0 Å². The number of nitrogens with zero attached hydrogens (tertiary/aromatic N) is 1. The first kappa shape index (κ1) is 11.3. The van der Waals surface area contributed by atoms with Crippen LogP contribution in [0.1, 0.15) is 31.4 Å². The Kier molecular flexibility index (Phi) is 4.15. The van der Waals surface area contributed by atoms with Crippen LogP contribution in [0.5, 0.6) is 0 Å². The fraction of sp³-hybridized carbons (Fsp3) is 0.538. The molecule has 0 amide bonds. The topological polar surface area (TPSA) is 3.24 Å². The lowest BCUT2D eigenvalue weighted by atomic mass is 10.1. The molecule has 0 saturated carbocycles. The van der Waals surface area contributed by atoms with Gasteiger partial charge in [0, 0.05) is 12.6 Å².